The van der Waals surface area contributed by atoms with Gasteiger partial charge in [0.05, 0.1) is 10.6 Å². The van der Waals surface area contributed by atoms with Crippen molar-refractivity contribution in [1.29, 1.82) is 0 Å². The Balaban J connectivity index is 1.81. The van der Waals surface area contributed by atoms with Crippen molar-refractivity contribution < 1.29 is 17.6 Å². The minimum atomic E-state index is -3.75. The number of carbonyl (C=O) groups is 1. The normalized spacial score (nSPS) is 11.1. The highest BCUT2D eigenvalue weighted by molar-refractivity contribution is 7.92. The Labute approximate surface area is 163 Å². The maximum atomic E-state index is 13.4. The van der Waals surface area contributed by atoms with Crippen LogP contribution in [-0.2, 0) is 10.0 Å². The molecule has 0 heterocycles. The number of hydrogen-bond acceptors (Lipinski definition) is 3. The van der Waals surface area contributed by atoms with Crippen LogP contribution >= 0.6 is 0 Å². The lowest BCUT2D eigenvalue weighted by Crippen LogP contribution is -2.26. The van der Waals surface area contributed by atoms with E-state index in [1.165, 1.54) is 47.8 Å². The van der Waals surface area contributed by atoms with Gasteiger partial charge in [0.2, 0.25) is 0 Å². The number of sulfonamides is 1. The van der Waals surface area contributed by atoms with E-state index in [-0.39, 0.29) is 10.5 Å². The van der Waals surface area contributed by atoms with E-state index in [0.717, 1.165) is 5.56 Å². The van der Waals surface area contributed by atoms with E-state index in [0.29, 0.717) is 11.4 Å². The Bertz CT molecular complexity index is 1100. The summed E-state index contributed by atoms with van der Waals surface area (Å²) in [6.45, 7) is 1.75. The molecule has 0 saturated heterocycles. The lowest BCUT2D eigenvalue weighted by molar-refractivity contribution is 0.102. The quantitative estimate of drug-likeness (QED) is 0.700. The molecule has 0 fully saturated rings. The highest BCUT2D eigenvalue weighted by Crippen LogP contribution is 2.22. The van der Waals surface area contributed by atoms with Crippen molar-refractivity contribution in [1.82, 2.24) is 0 Å². The summed E-state index contributed by atoms with van der Waals surface area (Å²) in [6.07, 6.45) is 0. The zero-order valence-electron chi connectivity index (χ0n) is 15.4. The fourth-order valence-corrected chi connectivity index (χ4v) is 3.83. The molecule has 0 unspecified atom stereocenters. The van der Waals surface area contributed by atoms with Crippen LogP contribution in [0.5, 0.6) is 0 Å². The van der Waals surface area contributed by atoms with Gasteiger partial charge in [-0.05, 0) is 61.0 Å². The Morgan fingerprint density at radius 2 is 1.61 bits per heavy atom. The summed E-state index contributed by atoms with van der Waals surface area (Å²) in [6, 6.07) is 18.4. The molecule has 0 saturated carbocycles. The highest BCUT2D eigenvalue weighted by Gasteiger charge is 2.21. The van der Waals surface area contributed by atoms with E-state index in [2.05, 4.69) is 5.32 Å². The average molecular weight is 398 g/mol. The average Bonchev–Trinajstić information content (AvgIpc) is 2.71. The molecule has 3 rings (SSSR count). The molecule has 1 amide bonds. The zero-order valence-corrected chi connectivity index (χ0v) is 16.2. The lowest BCUT2D eigenvalue weighted by atomic mass is 10.1. The first-order valence-corrected chi connectivity index (χ1v) is 9.94. The summed E-state index contributed by atoms with van der Waals surface area (Å²) in [4.78, 5) is 12.5. The van der Waals surface area contributed by atoms with Gasteiger partial charge in [-0.1, -0.05) is 24.3 Å². The molecule has 0 bridgehead atoms. The SMILES string of the molecule is Cc1ccc(F)cc1NC(=O)c1ccc(S(=O)(=O)N(C)c2ccccc2)cc1. The van der Waals surface area contributed by atoms with Crippen LogP contribution in [0.15, 0.2) is 77.7 Å². The topological polar surface area (TPSA) is 66.5 Å². The highest BCUT2D eigenvalue weighted by atomic mass is 32.2. The smallest absolute Gasteiger partial charge is 0.264 e. The van der Waals surface area contributed by atoms with Gasteiger partial charge in [-0.25, -0.2) is 12.8 Å². The van der Waals surface area contributed by atoms with Gasteiger partial charge in [0, 0.05) is 18.3 Å². The Hall–Kier alpha value is -3.19. The molecule has 0 atom stereocenters. The third-order valence-corrected chi connectivity index (χ3v) is 6.14. The third kappa shape index (κ3) is 4.04. The predicted molar refractivity (Wildman–Crippen MR) is 108 cm³/mol. The van der Waals surface area contributed by atoms with Crippen LogP contribution in [0.1, 0.15) is 15.9 Å². The number of nitrogens with one attached hydrogen (secondary N) is 1. The number of nitrogens with zero attached hydrogens (tertiary/aromatic N) is 1. The van der Waals surface area contributed by atoms with Gasteiger partial charge in [-0.2, -0.15) is 0 Å². The molecule has 0 radical (unpaired) electrons. The van der Waals surface area contributed by atoms with Gasteiger partial charge in [0.15, 0.2) is 0 Å². The van der Waals surface area contributed by atoms with Crippen molar-refractivity contribution in [2.45, 2.75) is 11.8 Å². The second kappa shape index (κ2) is 7.82. The van der Waals surface area contributed by atoms with Gasteiger partial charge in [-0.15, -0.1) is 0 Å². The maximum absolute atomic E-state index is 13.4. The number of rotatable bonds is 5. The van der Waals surface area contributed by atoms with Crippen molar-refractivity contribution in [3.05, 3.63) is 89.7 Å². The van der Waals surface area contributed by atoms with Crippen LogP contribution in [0.3, 0.4) is 0 Å². The van der Waals surface area contributed by atoms with Gasteiger partial charge >= 0.3 is 0 Å². The molecule has 3 aromatic carbocycles. The Morgan fingerprint density at radius 3 is 2.25 bits per heavy atom. The molecule has 0 aromatic heterocycles. The molecule has 144 valence electrons. The number of para-hydroxylation sites is 1. The molecule has 0 aliphatic heterocycles. The summed E-state index contributed by atoms with van der Waals surface area (Å²) < 4.78 is 40.1. The van der Waals surface area contributed by atoms with Crippen LogP contribution < -0.4 is 9.62 Å². The Kier molecular flexibility index (Phi) is 5.46. The molecule has 0 spiro atoms. The molecule has 1 N–H and O–H groups in total. The van der Waals surface area contributed by atoms with Crippen LogP contribution in [0.25, 0.3) is 0 Å². The first kappa shape index (κ1) is 19.6. The summed E-state index contributed by atoms with van der Waals surface area (Å²) in [7, 11) is -2.28. The second-order valence-electron chi connectivity index (χ2n) is 6.25. The van der Waals surface area contributed by atoms with Gasteiger partial charge in [0.1, 0.15) is 5.82 Å². The first-order chi connectivity index (χ1) is 13.3. The van der Waals surface area contributed by atoms with Crippen molar-refractivity contribution in [3.8, 4) is 0 Å². The number of amides is 1. The minimum absolute atomic E-state index is 0.0670. The van der Waals surface area contributed by atoms with Gasteiger partial charge < -0.3 is 5.32 Å². The number of aryl methyl sites for hydroxylation is 1. The summed E-state index contributed by atoms with van der Waals surface area (Å²) >= 11 is 0. The fraction of sp³-hybridized carbons (Fsp3) is 0.0952. The van der Waals surface area contributed by atoms with E-state index in [1.807, 2.05) is 0 Å². The van der Waals surface area contributed by atoms with Gasteiger partial charge in [-0.3, -0.25) is 9.10 Å². The zero-order chi connectivity index (χ0) is 20.3. The van der Waals surface area contributed by atoms with Crippen LogP contribution in [0.2, 0.25) is 0 Å². The number of anilines is 2. The minimum Gasteiger partial charge on any atom is -0.322 e. The van der Waals surface area contributed by atoms with E-state index in [1.54, 1.807) is 43.3 Å². The molecule has 28 heavy (non-hydrogen) atoms. The van der Waals surface area contributed by atoms with Crippen LogP contribution in [0, 0.1) is 12.7 Å². The standard InChI is InChI=1S/C21H19FN2O3S/c1-15-8-11-17(22)14-20(15)23-21(25)16-9-12-19(13-10-16)28(26,27)24(2)18-6-4-3-5-7-18/h3-14H,1-2H3,(H,23,25). The predicted octanol–water partition coefficient (Wildman–Crippen LogP) is 4.21. The number of hydrogen-bond donors (Lipinski definition) is 1. The molecule has 3 aromatic rings. The van der Waals surface area contributed by atoms with Crippen molar-refractivity contribution in [2.24, 2.45) is 0 Å². The van der Waals surface area contributed by atoms with Crippen LogP contribution in [0.4, 0.5) is 15.8 Å². The first-order valence-electron chi connectivity index (χ1n) is 8.50. The summed E-state index contributed by atoms with van der Waals surface area (Å²) in [5.74, 6) is -0.902. The number of halogens is 1. The maximum Gasteiger partial charge on any atom is 0.264 e. The number of benzene rings is 3. The number of carbonyl (C=O) groups excluding carboxylic acids is 1. The Morgan fingerprint density at radius 1 is 0.964 bits per heavy atom. The molecular weight excluding hydrogens is 379 g/mol. The monoisotopic (exact) mass is 398 g/mol. The van der Waals surface area contributed by atoms with Crippen molar-refractivity contribution >= 4 is 27.3 Å². The molecular formula is C21H19FN2O3S. The second-order valence-corrected chi connectivity index (χ2v) is 8.22. The van der Waals surface area contributed by atoms with E-state index in [4.69, 9.17) is 0 Å². The van der Waals surface area contributed by atoms with E-state index >= 15 is 0 Å². The lowest BCUT2D eigenvalue weighted by Gasteiger charge is -2.19. The van der Waals surface area contributed by atoms with Crippen molar-refractivity contribution in [2.75, 3.05) is 16.7 Å². The molecule has 7 heteroatoms. The fourth-order valence-electron chi connectivity index (χ4n) is 2.64. The largest absolute Gasteiger partial charge is 0.322 e. The molecule has 0 aliphatic rings. The molecule has 5 nitrogen and oxygen atoms in total. The van der Waals surface area contributed by atoms with E-state index < -0.39 is 21.7 Å². The van der Waals surface area contributed by atoms with Crippen LogP contribution in [-0.4, -0.2) is 21.4 Å². The van der Waals surface area contributed by atoms with E-state index in [9.17, 15) is 17.6 Å². The summed E-state index contributed by atoms with van der Waals surface area (Å²) in [5.41, 5.74) is 1.89. The third-order valence-electron chi connectivity index (χ3n) is 4.34. The molecule has 0 aliphatic carbocycles. The van der Waals surface area contributed by atoms with Crippen molar-refractivity contribution in [3.63, 3.8) is 0 Å². The summed E-state index contributed by atoms with van der Waals surface area (Å²) in [5, 5.41) is 2.64. The van der Waals surface area contributed by atoms with Gasteiger partial charge in [0.25, 0.3) is 15.9 Å².